The van der Waals surface area contributed by atoms with Crippen LogP contribution in [0.25, 0.3) is 0 Å². The molecule has 1 spiro atoms. The maximum Gasteiger partial charge on any atom is 0.417 e. The third-order valence-corrected chi connectivity index (χ3v) is 6.89. The van der Waals surface area contributed by atoms with Gasteiger partial charge in [0.05, 0.1) is 22.9 Å². The fourth-order valence-electron chi connectivity index (χ4n) is 5.26. The van der Waals surface area contributed by atoms with Gasteiger partial charge in [-0.15, -0.1) is 0 Å². The van der Waals surface area contributed by atoms with Crippen molar-refractivity contribution in [1.82, 2.24) is 9.80 Å². The van der Waals surface area contributed by atoms with Crippen molar-refractivity contribution < 1.29 is 37.4 Å². The predicted molar refractivity (Wildman–Crippen MR) is 116 cm³/mol. The van der Waals surface area contributed by atoms with Crippen LogP contribution in [0.4, 0.5) is 23.7 Å². The summed E-state index contributed by atoms with van der Waals surface area (Å²) in [7, 11) is 0. The normalized spacial score (nSPS) is 21.8. The number of likely N-dealkylation sites (tertiary alicyclic amines) is 1. The van der Waals surface area contributed by atoms with Gasteiger partial charge in [0.25, 0.3) is 11.8 Å². The van der Waals surface area contributed by atoms with Crippen molar-refractivity contribution in [3.63, 3.8) is 0 Å². The van der Waals surface area contributed by atoms with Crippen LogP contribution in [0, 0.1) is 0 Å². The molecule has 1 atom stereocenters. The predicted octanol–water partition coefficient (Wildman–Crippen LogP) is 4.34. The lowest BCUT2D eigenvalue weighted by molar-refractivity contribution is -0.138. The highest BCUT2D eigenvalue weighted by Crippen LogP contribution is 2.46. The van der Waals surface area contributed by atoms with E-state index in [2.05, 4.69) is 5.32 Å². The van der Waals surface area contributed by atoms with Gasteiger partial charge in [-0.25, -0.2) is 4.79 Å². The van der Waals surface area contributed by atoms with Crippen molar-refractivity contribution in [2.45, 2.75) is 76.2 Å². The summed E-state index contributed by atoms with van der Waals surface area (Å²) in [6.45, 7) is 3.69. The summed E-state index contributed by atoms with van der Waals surface area (Å²) in [5.74, 6) is -1.38. The van der Waals surface area contributed by atoms with E-state index in [-0.39, 0.29) is 18.0 Å². The van der Waals surface area contributed by atoms with Gasteiger partial charge in [-0.3, -0.25) is 9.59 Å². The minimum absolute atomic E-state index is 0.0217. The number of rotatable bonds is 3. The van der Waals surface area contributed by atoms with Gasteiger partial charge in [-0.1, -0.05) is 0 Å². The molecular formula is C23H28F3N3O5. The molecule has 186 valence electrons. The van der Waals surface area contributed by atoms with Gasteiger partial charge >= 0.3 is 12.3 Å². The van der Waals surface area contributed by atoms with E-state index in [0.717, 1.165) is 25.0 Å². The summed E-state index contributed by atoms with van der Waals surface area (Å²) < 4.78 is 48.1. The first-order chi connectivity index (χ1) is 15.9. The number of piperidine rings is 1. The first-order valence-electron chi connectivity index (χ1n) is 11.5. The highest BCUT2D eigenvalue weighted by molar-refractivity contribution is 6.04. The molecule has 0 unspecified atom stereocenters. The maximum absolute atomic E-state index is 14.1. The number of fused-ring (bicyclic) bond motifs is 1. The average molecular weight is 483 g/mol. The molecule has 2 aliphatic heterocycles. The molecule has 1 aromatic rings. The number of anilines is 1. The number of hydrogen-bond donors (Lipinski definition) is 2. The molecule has 2 N–H and O–H groups in total. The first kappa shape index (κ1) is 24.2. The number of carbonyl (C=O) groups excluding carboxylic acids is 2. The number of alkyl halides is 3. The number of halogens is 3. The molecule has 2 heterocycles. The first-order valence-corrected chi connectivity index (χ1v) is 11.5. The number of hydrogen-bond acceptors (Lipinski definition) is 4. The average Bonchev–Trinajstić information content (AvgIpc) is 3.22. The van der Waals surface area contributed by atoms with Gasteiger partial charge in [0.1, 0.15) is 5.75 Å². The Bertz CT molecular complexity index is 1000. The van der Waals surface area contributed by atoms with Gasteiger partial charge in [0.15, 0.2) is 5.60 Å². The number of benzene rings is 1. The second-order valence-electron chi connectivity index (χ2n) is 9.48. The van der Waals surface area contributed by atoms with Gasteiger partial charge in [-0.2, -0.15) is 13.2 Å². The second kappa shape index (κ2) is 8.66. The summed E-state index contributed by atoms with van der Waals surface area (Å²) in [5.41, 5.74) is -2.89. The van der Waals surface area contributed by atoms with Gasteiger partial charge in [0, 0.05) is 19.1 Å². The van der Waals surface area contributed by atoms with Gasteiger partial charge in [0.2, 0.25) is 0 Å². The van der Waals surface area contributed by atoms with Crippen LogP contribution in [0.2, 0.25) is 0 Å². The summed E-state index contributed by atoms with van der Waals surface area (Å²) in [4.78, 5) is 40.2. The van der Waals surface area contributed by atoms with Crippen molar-refractivity contribution in [1.29, 1.82) is 0 Å². The molecule has 11 heteroatoms. The number of ether oxygens (including phenoxy) is 1. The topological polar surface area (TPSA) is 99.2 Å². The molecule has 0 bridgehead atoms. The molecule has 1 saturated heterocycles. The van der Waals surface area contributed by atoms with Crippen molar-refractivity contribution in [3.8, 4) is 5.75 Å². The van der Waals surface area contributed by atoms with Crippen molar-refractivity contribution in [2.75, 3.05) is 18.4 Å². The minimum Gasteiger partial charge on any atom is -0.475 e. The number of amides is 3. The van der Waals surface area contributed by atoms with Crippen LogP contribution in [0.5, 0.6) is 5.75 Å². The standard InChI is InChI=1S/C23H28F3N3O5/c1-13(2)29(14-6-5-9-28(12-14)21(32)33)19(30)15-10-17-18(11-16(15)23(24,25)26)34-22(20(31)27-17)7-3-4-8-22/h10-11,13-14H,3-9,12H2,1-2H3,(H,27,31)(H,32,33)/t14-/m1/s1. The van der Waals surface area contributed by atoms with Crippen LogP contribution >= 0.6 is 0 Å². The molecular weight excluding hydrogens is 455 g/mol. The molecule has 0 aromatic heterocycles. The highest BCUT2D eigenvalue weighted by Gasteiger charge is 2.48. The third-order valence-electron chi connectivity index (χ3n) is 6.89. The molecule has 1 aliphatic carbocycles. The van der Waals surface area contributed by atoms with Crippen LogP contribution < -0.4 is 10.1 Å². The number of nitrogens with zero attached hydrogens (tertiary/aromatic N) is 2. The summed E-state index contributed by atoms with van der Waals surface area (Å²) >= 11 is 0. The molecule has 8 nitrogen and oxygen atoms in total. The summed E-state index contributed by atoms with van der Waals surface area (Å²) in [5, 5.41) is 12.0. The second-order valence-corrected chi connectivity index (χ2v) is 9.48. The van der Waals surface area contributed by atoms with Crippen molar-refractivity contribution in [2.24, 2.45) is 0 Å². The van der Waals surface area contributed by atoms with Crippen LogP contribution in [0.1, 0.15) is 68.3 Å². The van der Waals surface area contributed by atoms with Crippen LogP contribution in [0.15, 0.2) is 12.1 Å². The number of carbonyl (C=O) groups is 3. The van der Waals surface area contributed by atoms with Crippen molar-refractivity contribution in [3.05, 3.63) is 23.3 Å². The molecule has 4 rings (SSSR count). The molecule has 2 fully saturated rings. The Hall–Kier alpha value is -2.98. The molecule has 1 saturated carbocycles. The smallest absolute Gasteiger partial charge is 0.417 e. The summed E-state index contributed by atoms with van der Waals surface area (Å²) in [6, 6.07) is 0.788. The van der Waals surface area contributed by atoms with E-state index in [1.807, 2.05) is 0 Å². The minimum atomic E-state index is -4.84. The lowest BCUT2D eigenvalue weighted by Gasteiger charge is -2.41. The van der Waals surface area contributed by atoms with E-state index in [1.54, 1.807) is 13.8 Å². The van der Waals surface area contributed by atoms with E-state index in [4.69, 9.17) is 4.74 Å². The fourth-order valence-corrected chi connectivity index (χ4v) is 5.26. The van der Waals surface area contributed by atoms with Crippen LogP contribution in [-0.4, -0.2) is 63.6 Å². The van der Waals surface area contributed by atoms with E-state index < -0.39 is 52.9 Å². The van der Waals surface area contributed by atoms with E-state index in [0.29, 0.717) is 32.2 Å². The highest BCUT2D eigenvalue weighted by atomic mass is 19.4. The largest absolute Gasteiger partial charge is 0.475 e. The van der Waals surface area contributed by atoms with E-state index in [1.165, 1.54) is 9.80 Å². The molecule has 0 radical (unpaired) electrons. The summed E-state index contributed by atoms with van der Waals surface area (Å²) in [6.07, 6.45) is -2.68. The van der Waals surface area contributed by atoms with E-state index in [9.17, 15) is 32.7 Å². The Labute approximate surface area is 195 Å². The monoisotopic (exact) mass is 483 g/mol. The van der Waals surface area contributed by atoms with Crippen molar-refractivity contribution >= 4 is 23.6 Å². The Kier molecular flexibility index (Phi) is 6.15. The zero-order valence-electron chi connectivity index (χ0n) is 19.1. The third kappa shape index (κ3) is 4.27. The zero-order chi connectivity index (χ0) is 24.8. The van der Waals surface area contributed by atoms with E-state index >= 15 is 0 Å². The quantitative estimate of drug-likeness (QED) is 0.666. The molecule has 1 aromatic carbocycles. The molecule has 3 aliphatic rings. The number of carboxylic acid groups (broad SMARTS) is 1. The Morgan fingerprint density at radius 3 is 2.50 bits per heavy atom. The number of nitrogens with one attached hydrogen (secondary N) is 1. The molecule has 34 heavy (non-hydrogen) atoms. The fraction of sp³-hybridized carbons (Fsp3) is 0.609. The maximum atomic E-state index is 14.1. The lowest BCUT2D eigenvalue weighted by Crippen LogP contribution is -2.54. The Morgan fingerprint density at radius 1 is 1.24 bits per heavy atom. The molecule has 3 amide bonds. The zero-order valence-corrected chi connectivity index (χ0v) is 19.1. The van der Waals surface area contributed by atoms with Crippen LogP contribution in [-0.2, 0) is 11.0 Å². The van der Waals surface area contributed by atoms with Crippen LogP contribution in [0.3, 0.4) is 0 Å². The lowest BCUT2D eigenvalue weighted by atomic mass is 9.95. The SMILES string of the molecule is CC(C)N(C(=O)c1cc2c(cc1C(F)(F)F)OC1(CCCC1)C(=O)N2)[C@@H]1CCCN(C(=O)O)C1. The van der Waals surface area contributed by atoms with Gasteiger partial charge in [-0.05, 0) is 64.5 Å². The van der Waals surface area contributed by atoms with Gasteiger partial charge < -0.3 is 25.0 Å². The Morgan fingerprint density at radius 2 is 1.91 bits per heavy atom. The Balaban J connectivity index is 1.73.